The highest BCUT2D eigenvalue weighted by atomic mass is 15.5. The lowest BCUT2D eigenvalue weighted by atomic mass is 10.1. The summed E-state index contributed by atoms with van der Waals surface area (Å²) in [5, 5.41) is 15.0. The lowest BCUT2D eigenvalue weighted by Crippen LogP contribution is -2.55. The molecule has 2 heterocycles. The van der Waals surface area contributed by atoms with Gasteiger partial charge in [0, 0.05) is 25.7 Å². The molecule has 1 saturated heterocycles. The van der Waals surface area contributed by atoms with Crippen molar-refractivity contribution in [2.75, 3.05) is 20.1 Å². The molecule has 0 radical (unpaired) electrons. The Kier molecular flexibility index (Phi) is 3.27. The van der Waals surface area contributed by atoms with Crippen LogP contribution in [-0.2, 0) is 13.1 Å². The standard InChI is InChI=1S/C9H18N6/c1-3-4-15-9(11-12-13-15)7-14(2)8-5-10-6-8/h8,10H,3-7H2,1-2H3. The van der Waals surface area contributed by atoms with Crippen molar-refractivity contribution >= 4 is 0 Å². The smallest absolute Gasteiger partial charge is 0.165 e. The third-order valence-corrected chi connectivity index (χ3v) is 2.82. The van der Waals surface area contributed by atoms with E-state index >= 15 is 0 Å². The van der Waals surface area contributed by atoms with Gasteiger partial charge in [0.2, 0.25) is 0 Å². The van der Waals surface area contributed by atoms with Crippen molar-refractivity contribution < 1.29 is 0 Å². The molecule has 0 saturated carbocycles. The molecule has 1 aromatic heterocycles. The maximum absolute atomic E-state index is 4.06. The molecular formula is C9H18N6. The lowest BCUT2D eigenvalue weighted by Gasteiger charge is -2.35. The van der Waals surface area contributed by atoms with Gasteiger partial charge in [0.1, 0.15) is 0 Å². The van der Waals surface area contributed by atoms with Crippen LogP contribution in [0.3, 0.4) is 0 Å². The predicted octanol–water partition coefficient (Wildman–Crippen LogP) is -0.513. The first-order valence-electron chi connectivity index (χ1n) is 5.47. The molecule has 0 aromatic carbocycles. The van der Waals surface area contributed by atoms with Crippen molar-refractivity contribution in [2.45, 2.75) is 32.5 Å². The predicted molar refractivity (Wildman–Crippen MR) is 56.2 cm³/mol. The lowest BCUT2D eigenvalue weighted by molar-refractivity contribution is 0.167. The zero-order valence-electron chi connectivity index (χ0n) is 9.35. The van der Waals surface area contributed by atoms with E-state index < -0.39 is 0 Å². The molecule has 0 spiro atoms. The van der Waals surface area contributed by atoms with Crippen LogP contribution in [0.15, 0.2) is 0 Å². The molecule has 6 heteroatoms. The van der Waals surface area contributed by atoms with E-state index in [4.69, 9.17) is 0 Å². The van der Waals surface area contributed by atoms with Gasteiger partial charge < -0.3 is 5.32 Å². The molecule has 1 aliphatic rings. The fourth-order valence-electron chi connectivity index (χ4n) is 1.66. The van der Waals surface area contributed by atoms with Gasteiger partial charge in [-0.1, -0.05) is 6.92 Å². The molecule has 6 nitrogen and oxygen atoms in total. The van der Waals surface area contributed by atoms with Crippen LogP contribution in [0.25, 0.3) is 0 Å². The minimum Gasteiger partial charge on any atom is -0.314 e. The highest BCUT2D eigenvalue weighted by molar-refractivity contribution is 4.87. The number of aryl methyl sites for hydroxylation is 1. The first-order chi connectivity index (χ1) is 7.31. The van der Waals surface area contributed by atoms with Crippen LogP contribution in [-0.4, -0.2) is 51.3 Å². The average Bonchev–Trinajstić information content (AvgIpc) is 2.50. The van der Waals surface area contributed by atoms with Crippen LogP contribution in [0.4, 0.5) is 0 Å². The van der Waals surface area contributed by atoms with Crippen LogP contribution >= 0.6 is 0 Å². The summed E-state index contributed by atoms with van der Waals surface area (Å²) in [5.74, 6) is 0.964. The molecule has 1 fully saturated rings. The Morgan fingerprint density at radius 2 is 2.33 bits per heavy atom. The highest BCUT2D eigenvalue weighted by Gasteiger charge is 2.22. The minimum absolute atomic E-state index is 0.636. The molecule has 15 heavy (non-hydrogen) atoms. The maximum atomic E-state index is 4.06. The van der Waals surface area contributed by atoms with Crippen molar-refractivity contribution in [1.29, 1.82) is 0 Å². The summed E-state index contributed by atoms with van der Waals surface area (Å²) in [6.45, 7) is 6.02. The van der Waals surface area contributed by atoms with E-state index in [1.807, 2.05) is 4.68 Å². The van der Waals surface area contributed by atoms with Crippen LogP contribution in [0.2, 0.25) is 0 Å². The summed E-state index contributed by atoms with van der Waals surface area (Å²) in [6, 6.07) is 0.636. The number of tetrazole rings is 1. The topological polar surface area (TPSA) is 58.9 Å². The van der Waals surface area contributed by atoms with Crippen LogP contribution in [0, 0.1) is 0 Å². The van der Waals surface area contributed by atoms with Crippen molar-refractivity contribution in [2.24, 2.45) is 0 Å². The summed E-state index contributed by atoms with van der Waals surface area (Å²) in [4.78, 5) is 2.30. The van der Waals surface area contributed by atoms with Crippen LogP contribution < -0.4 is 5.32 Å². The largest absolute Gasteiger partial charge is 0.314 e. The number of nitrogens with one attached hydrogen (secondary N) is 1. The van der Waals surface area contributed by atoms with E-state index in [9.17, 15) is 0 Å². The van der Waals surface area contributed by atoms with Gasteiger partial charge in [0.25, 0.3) is 0 Å². The summed E-state index contributed by atoms with van der Waals surface area (Å²) in [6.07, 6.45) is 1.06. The fourth-order valence-corrected chi connectivity index (χ4v) is 1.66. The molecule has 0 aliphatic carbocycles. The monoisotopic (exact) mass is 210 g/mol. The Balaban J connectivity index is 1.93. The van der Waals surface area contributed by atoms with Crippen LogP contribution in [0.5, 0.6) is 0 Å². The van der Waals surface area contributed by atoms with Gasteiger partial charge >= 0.3 is 0 Å². The first kappa shape index (κ1) is 10.5. The van der Waals surface area contributed by atoms with Crippen molar-refractivity contribution in [3.8, 4) is 0 Å². The number of likely N-dealkylation sites (N-methyl/N-ethyl adjacent to an activating group) is 1. The maximum Gasteiger partial charge on any atom is 0.165 e. The average molecular weight is 210 g/mol. The summed E-state index contributed by atoms with van der Waals surface area (Å²) in [7, 11) is 2.12. The Labute approximate surface area is 89.6 Å². The Morgan fingerprint density at radius 3 is 2.93 bits per heavy atom. The fraction of sp³-hybridized carbons (Fsp3) is 0.889. The Hall–Kier alpha value is -1.01. The number of aromatic nitrogens is 4. The molecule has 0 bridgehead atoms. The summed E-state index contributed by atoms with van der Waals surface area (Å²) < 4.78 is 1.89. The first-order valence-corrected chi connectivity index (χ1v) is 5.47. The van der Waals surface area contributed by atoms with E-state index in [1.165, 1.54) is 0 Å². The van der Waals surface area contributed by atoms with Gasteiger partial charge in [-0.15, -0.1) is 5.10 Å². The molecule has 0 unspecified atom stereocenters. The van der Waals surface area contributed by atoms with Gasteiger partial charge in [-0.05, 0) is 23.9 Å². The Morgan fingerprint density at radius 1 is 1.53 bits per heavy atom. The molecule has 1 aromatic rings. The molecular weight excluding hydrogens is 192 g/mol. The molecule has 1 N–H and O–H groups in total. The summed E-state index contributed by atoms with van der Waals surface area (Å²) >= 11 is 0. The number of rotatable bonds is 5. The van der Waals surface area contributed by atoms with E-state index in [-0.39, 0.29) is 0 Å². The molecule has 0 atom stereocenters. The third-order valence-electron chi connectivity index (χ3n) is 2.82. The minimum atomic E-state index is 0.636. The Bertz CT molecular complexity index is 305. The van der Waals surface area contributed by atoms with Gasteiger partial charge in [0.15, 0.2) is 5.82 Å². The van der Waals surface area contributed by atoms with Crippen molar-refractivity contribution in [3.63, 3.8) is 0 Å². The molecule has 2 rings (SSSR count). The van der Waals surface area contributed by atoms with Gasteiger partial charge in [-0.3, -0.25) is 4.90 Å². The molecule has 84 valence electrons. The van der Waals surface area contributed by atoms with E-state index in [2.05, 4.69) is 39.7 Å². The van der Waals surface area contributed by atoms with Gasteiger partial charge in [-0.25, -0.2) is 4.68 Å². The van der Waals surface area contributed by atoms with Gasteiger partial charge in [0.05, 0.1) is 6.54 Å². The zero-order valence-corrected chi connectivity index (χ0v) is 9.35. The number of hydrogen-bond acceptors (Lipinski definition) is 5. The zero-order chi connectivity index (χ0) is 10.7. The molecule has 0 amide bonds. The van der Waals surface area contributed by atoms with Crippen molar-refractivity contribution in [1.82, 2.24) is 30.4 Å². The second-order valence-electron chi connectivity index (χ2n) is 4.05. The van der Waals surface area contributed by atoms with Crippen LogP contribution in [0.1, 0.15) is 19.2 Å². The van der Waals surface area contributed by atoms with E-state index in [0.717, 1.165) is 38.4 Å². The third kappa shape index (κ3) is 2.32. The normalized spacial score (nSPS) is 17.0. The van der Waals surface area contributed by atoms with E-state index in [0.29, 0.717) is 6.04 Å². The SMILES string of the molecule is CCCn1nnnc1CN(C)C1CNC1. The number of hydrogen-bond donors (Lipinski definition) is 1. The van der Waals surface area contributed by atoms with Crippen molar-refractivity contribution in [3.05, 3.63) is 5.82 Å². The second kappa shape index (κ2) is 4.67. The van der Waals surface area contributed by atoms with Gasteiger partial charge in [-0.2, -0.15) is 0 Å². The summed E-state index contributed by atoms with van der Waals surface area (Å²) in [5.41, 5.74) is 0. The molecule has 1 aliphatic heterocycles. The quantitative estimate of drug-likeness (QED) is 0.709. The number of nitrogens with zero attached hydrogens (tertiary/aromatic N) is 5. The van der Waals surface area contributed by atoms with E-state index in [1.54, 1.807) is 0 Å². The second-order valence-corrected chi connectivity index (χ2v) is 4.05. The highest BCUT2D eigenvalue weighted by Crippen LogP contribution is 2.06.